The number of fused-ring (bicyclic) bond motifs is 3. The number of ether oxygens (including phenoxy) is 3. The minimum absolute atomic E-state index is 0.146. The number of anilines is 4. The van der Waals surface area contributed by atoms with Gasteiger partial charge in [-0.15, -0.1) is 0 Å². The third-order valence-corrected chi connectivity index (χ3v) is 8.85. The Morgan fingerprint density at radius 1 is 0.913 bits per heavy atom. The minimum atomic E-state index is -0.309. The lowest BCUT2D eigenvalue weighted by Gasteiger charge is -2.33. The van der Waals surface area contributed by atoms with Gasteiger partial charge in [-0.3, -0.25) is 0 Å². The lowest BCUT2D eigenvalue weighted by molar-refractivity contribution is 0.0303. The highest BCUT2D eigenvalue weighted by molar-refractivity contribution is 6.00. The first kappa shape index (κ1) is 30.4. The summed E-state index contributed by atoms with van der Waals surface area (Å²) in [7, 11) is 3.34. The monoisotopic (exact) mass is 627 g/mol. The molecule has 242 valence electrons. The lowest BCUT2D eigenvalue weighted by atomic mass is 10.2. The fourth-order valence-electron chi connectivity index (χ4n) is 6.58. The number of hydrogen-bond acceptors (Lipinski definition) is 10. The maximum Gasteiger partial charge on any atom is 0.323 e. The number of nitrogens with one attached hydrogen (secondary N) is 3. The number of benzene rings is 2. The first-order valence-corrected chi connectivity index (χ1v) is 16.0. The SMILES string of the molecule is COCC(COC)n1ncc2c(N3CC4CCC(C3)O4)nc(-c3ccc(NC(=O)Nc4ccc(N5CCNCC5)cc4)cc3)nc21. The quantitative estimate of drug-likeness (QED) is 0.239. The molecule has 0 spiro atoms. The summed E-state index contributed by atoms with van der Waals surface area (Å²) in [6.45, 7) is 6.34. The molecule has 3 aliphatic rings. The Hall–Kier alpha value is -4.30. The van der Waals surface area contributed by atoms with E-state index in [4.69, 9.17) is 29.3 Å². The van der Waals surface area contributed by atoms with Crippen molar-refractivity contribution in [2.45, 2.75) is 31.1 Å². The van der Waals surface area contributed by atoms with E-state index in [0.717, 1.165) is 85.9 Å². The Kier molecular flexibility index (Phi) is 8.97. The number of rotatable bonds is 10. The Labute approximate surface area is 268 Å². The molecule has 13 nitrogen and oxygen atoms in total. The van der Waals surface area contributed by atoms with E-state index in [0.29, 0.717) is 24.7 Å². The van der Waals surface area contributed by atoms with Crippen LogP contribution in [-0.2, 0) is 14.2 Å². The first-order valence-electron chi connectivity index (χ1n) is 16.0. The zero-order chi connectivity index (χ0) is 31.5. The summed E-state index contributed by atoms with van der Waals surface area (Å²) < 4.78 is 19.0. The maximum atomic E-state index is 12.8. The zero-order valence-corrected chi connectivity index (χ0v) is 26.3. The molecular formula is C33H41N9O4. The number of amides is 2. The van der Waals surface area contributed by atoms with E-state index in [-0.39, 0.29) is 24.3 Å². The van der Waals surface area contributed by atoms with E-state index in [1.807, 2.05) is 59.4 Å². The maximum absolute atomic E-state index is 12.8. The molecule has 4 aromatic rings. The molecule has 2 atom stereocenters. The van der Waals surface area contributed by atoms with E-state index in [2.05, 4.69) is 25.8 Å². The van der Waals surface area contributed by atoms with Crippen molar-refractivity contribution in [3.63, 3.8) is 0 Å². The van der Waals surface area contributed by atoms with Crippen molar-refractivity contribution in [3.8, 4) is 11.4 Å². The van der Waals surface area contributed by atoms with E-state index in [1.54, 1.807) is 14.2 Å². The van der Waals surface area contributed by atoms with Gasteiger partial charge in [-0.2, -0.15) is 5.10 Å². The predicted molar refractivity (Wildman–Crippen MR) is 178 cm³/mol. The number of urea groups is 1. The normalized spacial score (nSPS) is 19.6. The molecule has 46 heavy (non-hydrogen) atoms. The standard InChI is InChI=1S/C33H41N9O4/c1-44-20-26(21-45-2)42-32-29(17-35-42)31(41-18-27-11-12-28(19-41)46-27)38-30(39-32)22-3-5-23(6-4-22)36-33(43)37-24-7-9-25(10-8-24)40-15-13-34-14-16-40/h3-10,17,26-28,34H,11-16,18-21H2,1-2H3,(H2,36,37,43). The molecule has 0 radical (unpaired) electrons. The fraction of sp³-hybridized carbons (Fsp3) is 0.455. The second kappa shape index (κ2) is 13.6. The average Bonchev–Trinajstić information content (AvgIpc) is 3.67. The van der Waals surface area contributed by atoms with Crippen LogP contribution in [0.15, 0.2) is 54.7 Å². The summed E-state index contributed by atoms with van der Waals surface area (Å²) >= 11 is 0. The molecule has 2 bridgehead atoms. The van der Waals surface area contributed by atoms with Crippen LogP contribution in [-0.4, -0.2) is 105 Å². The lowest BCUT2D eigenvalue weighted by Crippen LogP contribution is -2.43. The van der Waals surface area contributed by atoms with Gasteiger partial charge in [0.25, 0.3) is 0 Å². The number of hydrogen-bond donors (Lipinski definition) is 3. The van der Waals surface area contributed by atoms with Gasteiger partial charge in [0.1, 0.15) is 11.9 Å². The van der Waals surface area contributed by atoms with Crippen LogP contribution < -0.4 is 25.8 Å². The summed E-state index contributed by atoms with van der Waals surface area (Å²) in [6.07, 6.45) is 4.39. The number of piperazine rings is 1. The summed E-state index contributed by atoms with van der Waals surface area (Å²) in [5.41, 5.74) is 4.10. The van der Waals surface area contributed by atoms with Crippen LogP contribution >= 0.6 is 0 Å². The Morgan fingerprint density at radius 2 is 1.54 bits per heavy atom. The van der Waals surface area contributed by atoms with Crippen LogP contribution in [0, 0.1) is 0 Å². The van der Waals surface area contributed by atoms with Crippen LogP contribution in [0.3, 0.4) is 0 Å². The van der Waals surface area contributed by atoms with Gasteiger partial charge in [-0.25, -0.2) is 19.4 Å². The van der Waals surface area contributed by atoms with Gasteiger partial charge in [0.2, 0.25) is 0 Å². The molecule has 2 aromatic carbocycles. The number of carbonyl (C=O) groups is 1. The number of carbonyl (C=O) groups excluding carboxylic acids is 1. The van der Waals surface area contributed by atoms with Gasteiger partial charge in [0.05, 0.1) is 37.0 Å². The molecule has 2 amide bonds. The molecule has 3 N–H and O–H groups in total. The van der Waals surface area contributed by atoms with Crippen molar-refractivity contribution in [1.29, 1.82) is 0 Å². The zero-order valence-electron chi connectivity index (χ0n) is 26.3. The number of aromatic nitrogens is 4. The van der Waals surface area contributed by atoms with Gasteiger partial charge in [0, 0.05) is 76.1 Å². The summed E-state index contributed by atoms with van der Waals surface area (Å²) in [6, 6.07) is 15.1. The van der Waals surface area contributed by atoms with E-state index in [1.165, 1.54) is 0 Å². The molecular weight excluding hydrogens is 586 g/mol. The summed E-state index contributed by atoms with van der Waals surface area (Å²) in [4.78, 5) is 27.5. The number of nitrogens with zero attached hydrogens (tertiary/aromatic N) is 6. The topological polar surface area (TPSA) is 131 Å². The Morgan fingerprint density at radius 3 is 2.17 bits per heavy atom. The number of methoxy groups -OCH3 is 2. The minimum Gasteiger partial charge on any atom is -0.382 e. The van der Waals surface area contributed by atoms with Crippen LogP contribution in [0.25, 0.3) is 22.4 Å². The molecule has 3 fully saturated rings. The van der Waals surface area contributed by atoms with E-state index in [9.17, 15) is 4.79 Å². The molecule has 3 aliphatic heterocycles. The third-order valence-electron chi connectivity index (χ3n) is 8.85. The Balaban J connectivity index is 1.11. The highest BCUT2D eigenvalue weighted by Gasteiger charge is 2.35. The van der Waals surface area contributed by atoms with Gasteiger partial charge in [0.15, 0.2) is 11.5 Å². The van der Waals surface area contributed by atoms with E-state index >= 15 is 0 Å². The van der Waals surface area contributed by atoms with Gasteiger partial charge < -0.3 is 40.0 Å². The van der Waals surface area contributed by atoms with Gasteiger partial charge in [-0.05, 0) is 61.4 Å². The van der Waals surface area contributed by atoms with Crippen LogP contribution in [0.2, 0.25) is 0 Å². The summed E-state index contributed by atoms with van der Waals surface area (Å²) in [5.74, 6) is 1.43. The molecule has 13 heteroatoms. The molecule has 0 aliphatic carbocycles. The second-order valence-corrected chi connectivity index (χ2v) is 12.1. The molecule has 5 heterocycles. The molecule has 2 unspecified atom stereocenters. The van der Waals surface area contributed by atoms with Gasteiger partial charge in [-0.1, -0.05) is 0 Å². The predicted octanol–water partition coefficient (Wildman–Crippen LogP) is 3.75. The highest BCUT2D eigenvalue weighted by atomic mass is 16.5. The van der Waals surface area contributed by atoms with Crippen molar-refractivity contribution >= 4 is 39.9 Å². The molecule has 0 saturated carbocycles. The van der Waals surface area contributed by atoms with Crippen LogP contribution in [0.1, 0.15) is 18.9 Å². The van der Waals surface area contributed by atoms with E-state index < -0.39 is 0 Å². The molecule has 7 rings (SSSR count). The van der Waals surface area contributed by atoms with Crippen LogP contribution in [0.5, 0.6) is 0 Å². The number of morpholine rings is 1. The fourth-order valence-corrected chi connectivity index (χ4v) is 6.58. The smallest absolute Gasteiger partial charge is 0.323 e. The second-order valence-electron chi connectivity index (χ2n) is 12.1. The van der Waals surface area contributed by atoms with Crippen molar-refractivity contribution in [3.05, 3.63) is 54.7 Å². The van der Waals surface area contributed by atoms with Crippen molar-refractivity contribution in [2.75, 3.05) is 87.1 Å². The van der Waals surface area contributed by atoms with Crippen molar-refractivity contribution in [1.82, 2.24) is 25.1 Å². The van der Waals surface area contributed by atoms with Crippen LogP contribution in [0.4, 0.5) is 27.7 Å². The summed E-state index contributed by atoms with van der Waals surface area (Å²) in [5, 5.41) is 14.8. The largest absolute Gasteiger partial charge is 0.382 e. The van der Waals surface area contributed by atoms with Crippen molar-refractivity contribution in [2.24, 2.45) is 0 Å². The van der Waals surface area contributed by atoms with Crippen molar-refractivity contribution < 1.29 is 19.0 Å². The average molecular weight is 628 g/mol. The Bertz CT molecular complexity index is 1620. The highest BCUT2D eigenvalue weighted by Crippen LogP contribution is 2.34. The molecule has 3 saturated heterocycles. The third kappa shape index (κ3) is 6.49. The molecule has 2 aromatic heterocycles. The van der Waals surface area contributed by atoms with Gasteiger partial charge >= 0.3 is 6.03 Å². The first-order chi connectivity index (χ1) is 22.6.